The summed E-state index contributed by atoms with van der Waals surface area (Å²) in [6, 6.07) is 22.0. The summed E-state index contributed by atoms with van der Waals surface area (Å²) in [7, 11) is 0. The van der Waals surface area contributed by atoms with Crippen molar-refractivity contribution in [2.45, 2.75) is 32.2 Å². The Bertz CT molecular complexity index is 1010. The van der Waals surface area contributed by atoms with Gasteiger partial charge in [-0.3, -0.25) is 4.79 Å². The number of carbonyl (C=O) groups excluding carboxylic acids is 1. The molecule has 0 aliphatic heterocycles. The van der Waals surface area contributed by atoms with Crippen LogP contribution in [0, 0.1) is 5.92 Å². The summed E-state index contributed by atoms with van der Waals surface area (Å²) in [5.74, 6) is 0.613. The number of hydrogen-bond acceptors (Lipinski definition) is 2. The van der Waals surface area contributed by atoms with E-state index in [1.807, 2.05) is 54.6 Å². The van der Waals surface area contributed by atoms with Gasteiger partial charge in [-0.2, -0.15) is 13.2 Å². The first kappa shape index (κ1) is 21.0. The average Bonchev–Trinajstić information content (AvgIpc) is 3.62. The topological polar surface area (TPSA) is 29.5 Å². The van der Waals surface area contributed by atoms with Gasteiger partial charge in [-0.05, 0) is 60.4 Å². The molecule has 1 saturated carbocycles. The predicted molar refractivity (Wildman–Crippen MR) is 113 cm³/mol. The van der Waals surface area contributed by atoms with Crippen LogP contribution in [0.1, 0.15) is 29.5 Å². The Morgan fingerprint density at radius 1 is 0.871 bits per heavy atom. The summed E-state index contributed by atoms with van der Waals surface area (Å²) >= 11 is 0. The maximum Gasteiger partial charge on any atom is 0.416 e. The number of alkyl halides is 3. The third-order valence-electron chi connectivity index (χ3n) is 5.21. The molecule has 0 heterocycles. The third-order valence-corrected chi connectivity index (χ3v) is 5.21. The van der Waals surface area contributed by atoms with E-state index in [0.29, 0.717) is 24.6 Å². The summed E-state index contributed by atoms with van der Waals surface area (Å²) in [6.45, 7) is 0.748. The van der Waals surface area contributed by atoms with Crippen molar-refractivity contribution in [3.8, 4) is 5.75 Å². The molecule has 0 bridgehead atoms. The minimum atomic E-state index is -4.40. The van der Waals surface area contributed by atoms with Gasteiger partial charge in [-0.1, -0.05) is 42.5 Å². The lowest BCUT2D eigenvalue weighted by molar-refractivity contribution is -0.137. The van der Waals surface area contributed by atoms with Crippen LogP contribution in [-0.4, -0.2) is 5.91 Å². The number of nitrogens with zero attached hydrogens (tertiary/aromatic N) is 1. The fourth-order valence-electron chi connectivity index (χ4n) is 3.29. The van der Waals surface area contributed by atoms with Crippen molar-refractivity contribution in [2.75, 3.05) is 4.90 Å². The highest BCUT2D eigenvalue weighted by Gasteiger charge is 2.35. The van der Waals surface area contributed by atoms with Crippen LogP contribution in [0.25, 0.3) is 0 Å². The van der Waals surface area contributed by atoms with Gasteiger partial charge in [0.2, 0.25) is 5.91 Å². The molecule has 0 unspecified atom stereocenters. The van der Waals surface area contributed by atoms with Crippen molar-refractivity contribution in [2.24, 2.45) is 5.92 Å². The molecule has 0 atom stereocenters. The lowest BCUT2D eigenvalue weighted by Gasteiger charge is -2.24. The van der Waals surface area contributed by atoms with Gasteiger partial charge >= 0.3 is 6.18 Å². The summed E-state index contributed by atoms with van der Waals surface area (Å²) in [5.41, 5.74) is 1.68. The van der Waals surface area contributed by atoms with Crippen LogP contribution in [0.2, 0.25) is 0 Å². The van der Waals surface area contributed by atoms with Crippen molar-refractivity contribution in [3.05, 3.63) is 95.6 Å². The molecule has 0 N–H and O–H groups in total. The van der Waals surface area contributed by atoms with Crippen molar-refractivity contribution >= 4 is 11.6 Å². The summed E-state index contributed by atoms with van der Waals surface area (Å²) < 4.78 is 44.4. The zero-order valence-corrected chi connectivity index (χ0v) is 16.8. The van der Waals surface area contributed by atoms with E-state index >= 15 is 0 Å². The molecular weight excluding hydrogens is 403 g/mol. The highest BCUT2D eigenvalue weighted by molar-refractivity contribution is 5.96. The van der Waals surface area contributed by atoms with E-state index < -0.39 is 11.7 Å². The van der Waals surface area contributed by atoms with Gasteiger partial charge in [0.1, 0.15) is 12.4 Å². The van der Waals surface area contributed by atoms with E-state index in [2.05, 4.69) is 0 Å². The maximum atomic E-state index is 12.9. The zero-order chi connectivity index (χ0) is 21.8. The van der Waals surface area contributed by atoms with Gasteiger partial charge in [0.25, 0.3) is 0 Å². The first-order valence-corrected chi connectivity index (χ1v) is 10.1. The van der Waals surface area contributed by atoms with Crippen LogP contribution in [-0.2, 0) is 24.1 Å². The Morgan fingerprint density at radius 2 is 1.52 bits per heavy atom. The molecule has 4 rings (SSSR count). The second kappa shape index (κ2) is 8.84. The Hall–Kier alpha value is -3.28. The van der Waals surface area contributed by atoms with E-state index in [1.165, 1.54) is 12.1 Å². The second-order valence-corrected chi connectivity index (χ2v) is 7.66. The van der Waals surface area contributed by atoms with Gasteiger partial charge in [0, 0.05) is 11.6 Å². The molecule has 0 radical (unpaired) electrons. The average molecular weight is 425 g/mol. The molecule has 1 fully saturated rings. The van der Waals surface area contributed by atoms with Crippen LogP contribution < -0.4 is 9.64 Å². The Labute approximate surface area is 179 Å². The molecule has 160 valence electrons. The Balaban J connectivity index is 1.46. The lowest BCUT2D eigenvalue weighted by atomic mass is 10.1. The van der Waals surface area contributed by atoms with Crippen molar-refractivity contribution in [1.29, 1.82) is 0 Å². The molecule has 1 amide bonds. The maximum absolute atomic E-state index is 12.9. The standard InChI is InChI=1S/C25H22F3NO2/c26-25(27,28)21-10-12-22(13-11-21)29(24(30)20-8-9-20)16-18-6-14-23(15-7-18)31-17-19-4-2-1-3-5-19/h1-7,10-15,20H,8-9,16-17H2. The normalized spacial score (nSPS) is 13.6. The van der Waals surface area contributed by atoms with E-state index in [0.717, 1.165) is 36.1 Å². The molecule has 31 heavy (non-hydrogen) atoms. The quantitative estimate of drug-likeness (QED) is 0.449. The Kier molecular flexibility index (Phi) is 5.98. The zero-order valence-electron chi connectivity index (χ0n) is 16.8. The van der Waals surface area contributed by atoms with E-state index in [-0.39, 0.29) is 11.8 Å². The minimum absolute atomic E-state index is 0.0456. The molecule has 1 aliphatic rings. The van der Waals surface area contributed by atoms with Crippen LogP contribution in [0.15, 0.2) is 78.9 Å². The van der Waals surface area contributed by atoms with Gasteiger partial charge in [0.05, 0.1) is 12.1 Å². The largest absolute Gasteiger partial charge is 0.489 e. The molecule has 3 aromatic rings. The van der Waals surface area contributed by atoms with Crippen LogP contribution in [0.3, 0.4) is 0 Å². The SMILES string of the molecule is O=C(C1CC1)N(Cc1ccc(OCc2ccccc2)cc1)c1ccc(C(F)(F)F)cc1. The number of carbonyl (C=O) groups is 1. The number of amides is 1. The predicted octanol–water partition coefficient (Wildman–Crippen LogP) is 6.23. The molecule has 0 saturated heterocycles. The van der Waals surface area contributed by atoms with E-state index in [9.17, 15) is 18.0 Å². The lowest BCUT2D eigenvalue weighted by Crippen LogP contribution is -2.31. The monoisotopic (exact) mass is 425 g/mol. The number of halogens is 3. The summed E-state index contributed by atoms with van der Waals surface area (Å²) in [6.07, 6.45) is -2.76. The first-order chi connectivity index (χ1) is 14.9. The van der Waals surface area contributed by atoms with Crippen LogP contribution in [0.5, 0.6) is 5.75 Å². The smallest absolute Gasteiger partial charge is 0.416 e. The molecular formula is C25H22F3NO2. The van der Waals surface area contributed by atoms with E-state index in [1.54, 1.807) is 4.90 Å². The molecule has 6 heteroatoms. The Morgan fingerprint density at radius 3 is 2.10 bits per heavy atom. The highest BCUT2D eigenvalue weighted by Crippen LogP contribution is 2.35. The van der Waals surface area contributed by atoms with Gasteiger partial charge in [0.15, 0.2) is 0 Å². The van der Waals surface area contributed by atoms with Gasteiger partial charge < -0.3 is 9.64 Å². The van der Waals surface area contributed by atoms with Crippen molar-refractivity contribution < 1.29 is 22.7 Å². The van der Waals surface area contributed by atoms with Crippen LogP contribution >= 0.6 is 0 Å². The third kappa shape index (κ3) is 5.45. The highest BCUT2D eigenvalue weighted by atomic mass is 19.4. The first-order valence-electron chi connectivity index (χ1n) is 10.1. The summed E-state index contributed by atoms with van der Waals surface area (Å²) in [5, 5.41) is 0. The number of anilines is 1. The van der Waals surface area contributed by atoms with Crippen LogP contribution in [0.4, 0.5) is 18.9 Å². The molecule has 0 spiro atoms. The number of rotatable bonds is 7. The van der Waals surface area contributed by atoms with Crippen molar-refractivity contribution in [1.82, 2.24) is 0 Å². The number of ether oxygens (including phenoxy) is 1. The molecule has 0 aromatic heterocycles. The second-order valence-electron chi connectivity index (χ2n) is 7.66. The van der Waals surface area contributed by atoms with E-state index in [4.69, 9.17) is 4.74 Å². The fourth-order valence-corrected chi connectivity index (χ4v) is 3.29. The van der Waals surface area contributed by atoms with Gasteiger partial charge in [-0.25, -0.2) is 0 Å². The number of benzene rings is 3. The molecule has 3 nitrogen and oxygen atoms in total. The molecule has 1 aliphatic carbocycles. The summed E-state index contributed by atoms with van der Waals surface area (Å²) in [4.78, 5) is 14.4. The minimum Gasteiger partial charge on any atom is -0.489 e. The van der Waals surface area contributed by atoms with Gasteiger partial charge in [-0.15, -0.1) is 0 Å². The van der Waals surface area contributed by atoms with Crippen molar-refractivity contribution in [3.63, 3.8) is 0 Å². The number of hydrogen-bond donors (Lipinski definition) is 0. The molecule has 3 aromatic carbocycles. The fraction of sp³-hybridized carbons (Fsp3) is 0.240.